The topological polar surface area (TPSA) is 289 Å². The van der Waals surface area contributed by atoms with Crippen LogP contribution in [0.15, 0.2) is 85.0 Å². The SMILES string of the molecule is CCOC(=O)[C@@]12C[C@H]1/C=C\CCCCC[C@H](NC(=O)OC(C)(C)C)C(=O)N1C[C@H](n3n[c-]c(-c4ccccc4)n3)C[C@H]1C(=O)N2.CCOC(=O)[C@@]12C[C@H]1/C=C\CCCCC[C@H](NC(=O)OC(C)(C)C)C(=O)N1C[C@H](n3n[c-]c(-c4ccccc4)n3)C[C@H]1C(=O)N2.[Y].[Y]. The van der Waals surface area contributed by atoms with Gasteiger partial charge in [-0.2, -0.15) is 10.2 Å². The summed E-state index contributed by atoms with van der Waals surface area (Å²) in [5.41, 5.74) is -1.06. The zero-order chi connectivity index (χ0) is 64.4. The van der Waals surface area contributed by atoms with Gasteiger partial charge in [0.05, 0.1) is 25.3 Å². The second-order valence-corrected chi connectivity index (χ2v) is 26.0. The van der Waals surface area contributed by atoms with Crippen LogP contribution in [0.1, 0.15) is 157 Å². The van der Waals surface area contributed by atoms with Crippen LogP contribution in [-0.4, -0.2) is 160 Å². The molecule has 10 atom stereocenters. The molecule has 24 nitrogen and oxygen atoms in total. The van der Waals surface area contributed by atoms with Crippen LogP contribution >= 0.6 is 0 Å². The molecule has 2 radical (unpaired) electrons. The minimum Gasteiger partial charge on any atom is -0.464 e. The molecule has 2 aromatic heterocycles. The summed E-state index contributed by atoms with van der Waals surface area (Å²) in [5.74, 6) is -3.05. The number of carbonyl (C=O) groups is 8. The van der Waals surface area contributed by atoms with Gasteiger partial charge in [0.25, 0.3) is 0 Å². The maximum absolute atomic E-state index is 14.2. The summed E-state index contributed by atoms with van der Waals surface area (Å²) in [5, 5.41) is 29.5. The molecule has 490 valence electrons. The Morgan fingerprint density at radius 1 is 0.576 bits per heavy atom. The number of rotatable bonds is 10. The third-order valence-corrected chi connectivity index (χ3v) is 16.8. The molecule has 0 bridgehead atoms. The van der Waals surface area contributed by atoms with E-state index in [1.165, 1.54) is 19.4 Å². The number of ether oxygens (including phenoxy) is 4. The summed E-state index contributed by atoms with van der Waals surface area (Å²) < 4.78 is 21.7. The molecule has 6 heterocycles. The standard InChI is InChI=1S/2C33H43N6O6.2Y/c2*1-5-44-30(42)33-19-23(33)16-12-7-6-8-13-17-25(35-31(43)45-32(2,3)4)29(41)38-21-24(18-27(38)28(40)36-33)39-34-20-26(37-39)22-14-10-9-11-15-22;;/h2*9-12,14-16,23-25,27H,5-8,13,17-19,21H2,1-4H3,(H,35,43)(H,36,40);;/q2*-1;;/b2*16-12-;;/t2*23-,24-,25+,27+,33-;;/m11../s1. The molecule has 10 rings (SSSR count). The van der Waals surface area contributed by atoms with Crippen LogP contribution in [-0.2, 0) is 113 Å². The van der Waals surface area contributed by atoms with Gasteiger partial charge in [-0.05, 0) is 107 Å². The van der Waals surface area contributed by atoms with Gasteiger partial charge in [0.1, 0.15) is 46.4 Å². The predicted octanol–water partition coefficient (Wildman–Crippen LogP) is 7.47. The molecule has 0 spiro atoms. The van der Waals surface area contributed by atoms with E-state index in [9.17, 15) is 38.4 Å². The molecular formula is C66H86N12O12Y2-2. The minimum atomic E-state index is -1.18. The Kier molecular flexibility index (Phi) is 25.7. The van der Waals surface area contributed by atoms with E-state index in [1.807, 2.05) is 85.0 Å². The number of carbonyl (C=O) groups excluding carboxylic acids is 8. The van der Waals surface area contributed by atoms with Gasteiger partial charge in [0.2, 0.25) is 23.6 Å². The first-order valence-corrected chi connectivity index (χ1v) is 31.7. The van der Waals surface area contributed by atoms with E-state index < -0.39 is 106 Å². The summed E-state index contributed by atoms with van der Waals surface area (Å²) >= 11 is 0. The Bertz CT molecular complexity index is 3060. The third-order valence-electron chi connectivity index (χ3n) is 16.8. The third kappa shape index (κ3) is 18.6. The van der Waals surface area contributed by atoms with E-state index in [2.05, 4.69) is 54.1 Å². The molecular weight excluding hydrogens is 1330 g/mol. The Labute approximate surface area is 588 Å². The molecule has 26 heteroatoms. The molecule has 6 amide bonds. The van der Waals surface area contributed by atoms with Crippen molar-refractivity contribution in [2.75, 3.05) is 26.3 Å². The molecule has 4 fully saturated rings. The van der Waals surface area contributed by atoms with E-state index in [0.717, 1.165) is 49.7 Å². The van der Waals surface area contributed by atoms with Gasteiger partial charge in [-0.15, -0.1) is 35.4 Å². The summed E-state index contributed by atoms with van der Waals surface area (Å²) in [6.07, 6.45) is 21.1. The number of hydrogen-bond acceptors (Lipinski definition) is 16. The number of nitrogens with zero attached hydrogens (tertiary/aromatic N) is 8. The molecule has 2 saturated carbocycles. The number of fused-ring (bicyclic) bond motifs is 4. The number of esters is 2. The molecule has 92 heavy (non-hydrogen) atoms. The van der Waals surface area contributed by atoms with Gasteiger partial charge in [0, 0.05) is 103 Å². The van der Waals surface area contributed by atoms with Crippen molar-refractivity contribution in [3.8, 4) is 22.5 Å². The van der Waals surface area contributed by atoms with Crippen LogP contribution in [0, 0.1) is 24.2 Å². The maximum Gasteiger partial charge on any atom is 0.408 e. The van der Waals surface area contributed by atoms with E-state index in [0.29, 0.717) is 49.9 Å². The summed E-state index contributed by atoms with van der Waals surface area (Å²) in [6, 6.07) is 14.5. The molecule has 4 aliphatic heterocycles. The fraction of sp³-hybridized carbons (Fsp3) is 0.576. The number of allylic oxidation sites excluding steroid dienone is 2. The fourth-order valence-corrected chi connectivity index (χ4v) is 12.1. The first kappa shape index (κ1) is 73.2. The quantitative estimate of drug-likeness (QED) is 0.0518. The molecule has 4 N–H and O–H groups in total. The van der Waals surface area contributed by atoms with E-state index in [1.54, 1.807) is 55.4 Å². The zero-order valence-electron chi connectivity index (χ0n) is 54.1. The van der Waals surface area contributed by atoms with Crippen molar-refractivity contribution in [1.82, 2.24) is 61.1 Å². The molecule has 2 aliphatic carbocycles. The first-order chi connectivity index (χ1) is 43.0. The second kappa shape index (κ2) is 32.3. The summed E-state index contributed by atoms with van der Waals surface area (Å²) in [7, 11) is 0. The van der Waals surface area contributed by atoms with E-state index in [4.69, 9.17) is 18.9 Å². The molecule has 2 saturated heterocycles. The van der Waals surface area contributed by atoms with Crippen molar-refractivity contribution in [2.24, 2.45) is 11.8 Å². The van der Waals surface area contributed by atoms with Crippen molar-refractivity contribution < 1.29 is 123 Å². The maximum atomic E-state index is 14.2. The Hall–Kier alpha value is -6.23. The largest absolute Gasteiger partial charge is 0.464 e. The second-order valence-electron chi connectivity index (χ2n) is 26.0. The predicted molar refractivity (Wildman–Crippen MR) is 329 cm³/mol. The number of hydrogen-bond donors (Lipinski definition) is 4. The number of benzene rings is 2. The van der Waals surface area contributed by atoms with Crippen molar-refractivity contribution in [1.29, 1.82) is 0 Å². The van der Waals surface area contributed by atoms with Crippen molar-refractivity contribution in [3.05, 3.63) is 97.4 Å². The fourth-order valence-electron chi connectivity index (χ4n) is 12.1. The molecule has 2 aromatic carbocycles. The average Bonchev–Trinajstić information content (AvgIpc) is 1.59. The van der Waals surface area contributed by atoms with Gasteiger partial charge >= 0.3 is 24.1 Å². The van der Waals surface area contributed by atoms with Crippen LogP contribution in [0.25, 0.3) is 22.5 Å². The van der Waals surface area contributed by atoms with Crippen molar-refractivity contribution >= 4 is 47.8 Å². The van der Waals surface area contributed by atoms with E-state index >= 15 is 0 Å². The van der Waals surface area contributed by atoms with Crippen LogP contribution in [0.3, 0.4) is 0 Å². The van der Waals surface area contributed by atoms with E-state index in [-0.39, 0.29) is 116 Å². The number of nitrogens with one attached hydrogen (secondary N) is 4. The molecule has 6 aliphatic rings. The zero-order valence-corrected chi connectivity index (χ0v) is 59.7. The van der Waals surface area contributed by atoms with Gasteiger partial charge in [-0.3, -0.25) is 29.4 Å². The Morgan fingerprint density at radius 3 is 1.32 bits per heavy atom. The van der Waals surface area contributed by atoms with Crippen LogP contribution in [0.5, 0.6) is 0 Å². The number of amides is 6. The normalized spacial score (nSPS) is 27.4. The van der Waals surface area contributed by atoms with Crippen molar-refractivity contribution in [2.45, 2.75) is 204 Å². The Morgan fingerprint density at radius 2 is 0.957 bits per heavy atom. The van der Waals surface area contributed by atoms with Crippen LogP contribution < -0.4 is 21.3 Å². The monoisotopic (exact) mass is 1420 g/mol. The van der Waals surface area contributed by atoms with Crippen LogP contribution in [0.2, 0.25) is 0 Å². The van der Waals surface area contributed by atoms with Crippen molar-refractivity contribution in [3.63, 3.8) is 0 Å². The smallest absolute Gasteiger partial charge is 0.408 e. The summed E-state index contributed by atoms with van der Waals surface area (Å²) in [6.45, 7) is 14.6. The molecule has 0 unspecified atom stereocenters. The first-order valence-electron chi connectivity index (χ1n) is 31.7. The number of aromatic nitrogens is 6. The van der Waals surface area contributed by atoms with Gasteiger partial charge in [0.15, 0.2) is 0 Å². The molecule has 4 aromatic rings. The van der Waals surface area contributed by atoms with Gasteiger partial charge in [-0.1, -0.05) is 110 Å². The minimum absolute atomic E-state index is 0. The van der Waals surface area contributed by atoms with Gasteiger partial charge in [-0.25, -0.2) is 28.8 Å². The van der Waals surface area contributed by atoms with Gasteiger partial charge < -0.3 is 50.0 Å². The summed E-state index contributed by atoms with van der Waals surface area (Å²) in [4.78, 5) is 114. The Balaban J connectivity index is 0.000000255. The van der Waals surface area contributed by atoms with Crippen LogP contribution in [0.4, 0.5) is 9.59 Å². The number of alkyl carbamates (subject to hydrolysis) is 2. The average molecular weight is 1420 g/mol.